The first-order valence-electron chi connectivity index (χ1n) is 5.91. The van der Waals surface area contributed by atoms with Crippen LogP contribution in [0.25, 0.3) is 0 Å². The molecule has 0 radical (unpaired) electrons. The van der Waals surface area contributed by atoms with E-state index in [0.717, 1.165) is 12.8 Å². The van der Waals surface area contributed by atoms with Crippen molar-refractivity contribution in [3.63, 3.8) is 0 Å². The van der Waals surface area contributed by atoms with Crippen molar-refractivity contribution in [3.05, 3.63) is 35.4 Å². The second kappa shape index (κ2) is 6.17. The lowest BCUT2D eigenvalue weighted by atomic mass is 9.97. The van der Waals surface area contributed by atoms with Crippen molar-refractivity contribution in [3.8, 4) is 0 Å². The van der Waals surface area contributed by atoms with E-state index in [1.165, 1.54) is 17.5 Å². The molecular weight excluding hydrogens is 204 g/mol. The largest absolute Gasteiger partial charge is 0.118 e. The molecule has 2 atom stereocenters. The molecule has 0 N–H and O–H groups in total. The topological polar surface area (TPSA) is 0 Å². The maximum atomic E-state index is 6.39. The van der Waals surface area contributed by atoms with Crippen LogP contribution in [0.2, 0.25) is 0 Å². The van der Waals surface area contributed by atoms with Gasteiger partial charge in [0.05, 0.1) is 5.38 Å². The molecule has 1 aromatic rings. The fourth-order valence-electron chi connectivity index (χ4n) is 1.69. The summed E-state index contributed by atoms with van der Waals surface area (Å²) in [4.78, 5) is 0. The highest BCUT2D eigenvalue weighted by molar-refractivity contribution is 6.20. The summed E-state index contributed by atoms with van der Waals surface area (Å²) in [6.07, 6.45) is 3.50. The fourth-order valence-corrected chi connectivity index (χ4v) is 2.02. The minimum Gasteiger partial charge on any atom is -0.118 e. The van der Waals surface area contributed by atoms with Crippen LogP contribution in [0.1, 0.15) is 50.1 Å². The molecule has 1 aromatic carbocycles. The van der Waals surface area contributed by atoms with Crippen molar-refractivity contribution in [2.45, 2.75) is 45.4 Å². The molecule has 15 heavy (non-hydrogen) atoms. The SMILES string of the molecule is CCCc1ccc(C(Cl)C(C)CC)cc1. The van der Waals surface area contributed by atoms with Gasteiger partial charge >= 0.3 is 0 Å². The highest BCUT2D eigenvalue weighted by Gasteiger charge is 2.14. The van der Waals surface area contributed by atoms with Gasteiger partial charge in [0.2, 0.25) is 0 Å². The summed E-state index contributed by atoms with van der Waals surface area (Å²) < 4.78 is 0. The van der Waals surface area contributed by atoms with Crippen LogP contribution in [0.3, 0.4) is 0 Å². The number of benzene rings is 1. The van der Waals surface area contributed by atoms with Crippen molar-refractivity contribution < 1.29 is 0 Å². The molecule has 0 aliphatic rings. The Morgan fingerprint density at radius 1 is 1.13 bits per heavy atom. The van der Waals surface area contributed by atoms with Gasteiger partial charge < -0.3 is 0 Å². The van der Waals surface area contributed by atoms with Gasteiger partial charge in [-0.05, 0) is 23.5 Å². The molecular formula is C14H21Cl. The van der Waals surface area contributed by atoms with Crippen molar-refractivity contribution in [1.29, 1.82) is 0 Å². The van der Waals surface area contributed by atoms with Crippen LogP contribution in [0.4, 0.5) is 0 Å². The van der Waals surface area contributed by atoms with Crippen molar-refractivity contribution in [2.24, 2.45) is 5.92 Å². The zero-order chi connectivity index (χ0) is 11.3. The molecule has 0 saturated heterocycles. The van der Waals surface area contributed by atoms with E-state index >= 15 is 0 Å². The number of halogens is 1. The molecule has 0 nitrogen and oxygen atoms in total. The van der Waals surface area contributed by atoms with E-state index in [9.17, 15) is 0 Å². The first-order valence-corrected chi connectivity index (χ1v) is 6.35. The molecule has 2 unspecified atom stereocenters. The Morgan fingerprint density at radius 2 is 1.73 bits per heavy atom. The van der Waals surface area contributed by atoms with E-state index in [4.69, 9.17) is 11.6 Å². The third-order valence-corrected chi connectivity index (χ3v) is 3.66. The molecule has 0 aliphatic carbocycles. The number of hydrogen-bond donors (Lipinski definition) is 0. The summed E-state index contributed by atoms with van der Waals surface area (Å²) in [6.45, 7) is 6.60. The number of rotatable bonds is 5. The van der Waals surface area contributed by atoms with Gasteiger partial charge in [-0.25, -0.2) is 0 Å². The molecule has 1 heteroatoms. The third kappa shape index (κ3) is 3.53. The Labute approximate surface area is 98.7 Å². The molecule has 84 valence electrons. The van der Waals surface area contributed by atoms with E-state index in [2.05, 4.69) is 45.0 Å². The molecule has 0 fully saturated rings. The second-order valence-electron chi connectivity index (χ2n) is 4.28. The molecule has 0 amide bonds. The number of aryl methyl sites for hydroxylation is 1. The van der Waals surface area contributed by atoms with Crippen LogP contribution in [-0.2, 0) is 6.42 Å². The van der Waals surface area contributed by atoms with E-state index in [1.807, 2.05) is 0 Å². The van der Waals surface area contributed by atoms with Crippen molar-refractivity contribution >= 4 is 11.6 Å². The van der Waals surface area contributed by atoms with Gasteiger partial charge in [-0.2, -0.15) is 0 Å². The highest BCUT2D eigenvalue weighted by Crippen LogP contribution is 2.30. The molecule has 0 spiro atoms. The van der Waals surface area contributed by atoms with Gasteiger partial charge in [0.25, 0.3) is 0 Å². The van der Waals surface area contributed by atoms with Gasteiger partial charge in [-0.1, -0.05) is 57.9 Å². The lowest BCUT2D eigenvalue weighted by molar-refractivity contribution is 0.542. The number of hydrogen-bond acceptors (Lipinski definition) is 0. The standard InChI is InChI=1S/C14H21Cl/c1-4-6-12-7-9-13(10-8-12)14(15)11(3)5-2/h7-11,14H,4-6H2,1-3H3. The Hall–Kier alpha value is -0.490. The van der Waals surface area contributed by atoms with E-state index in [-0.39, 0.29) is 5.38 Å². The molecule has 0 bridgehead atoms. The zero-order valence-corrected chi connectivity index (χ0v) is 10.7. The van der Waals surface area contributed by atoms with Gasteiger partial charge in [0.1, 0.15) is 0 Å². The summed E-state index contributed by atoms with van der Waals surface area (Å²) in [5, 5.41) is 0.158. The molecule has 1 rings (SSSR count). The molecule has 0 heterocycles. The molecule has 0 aliphatic heterocycles. The van der Waals surface area contributed by atoms with E-state index in [1.54, 1.807) is 0 Å². The van der Waals surface area contributed by atoms with E-state index < -0.39 is 0 Å². The Bertz CT molecular complexity index is 276. The minimum absolute atomic E-state index is 0.158. The van der Waals surface area contributed by atoms with Crippen molar-refractivity contribution in [2.75, 3.05) is 0 Å². The van der Waals surface area contributed by atoms with Gasteiger partial charge in [-0.15, -0.1) is 11.6 Å². The lowest BCUT2D eigenvalue weighted by Gasteiger charge is -2.16. The van der Waals surface area contributed by atoms with Gasteiger partial charge in [0.15, 0.2) is 0 Å². The monoisotopic (exact) mass is 224 g/mol. The van der Waals surface area contributed by atoms with Crippen LogP contribution in [0.5, 0.6) is 0 Å². The fraction of sp³-hybridized carbons (Fsp3) is 0.571. The highest BCUT2D eigenvalue weighted by atomic mass is 35.5. The Balaban J connectivity index is 2.70. The maximum Gasteiger partial charge on any atom is 0.0610 e. The lowest BCUT2D eigenvalue weighted by Crippen LogP contribution is -2.02. The average Bonchev–Trinajstić information content (AvgIpc) is 2.28. The summed E-state index contributed by atoms with van der Waals surface area (Å²) in [6, 6.07) is 8.76. The summed E-state index contributed by atoms with van der Waals surface area (Å²) in [7, 11) is 0. The Morgan fingerprint density at radius 3 is 2.20 bits per heavy atom. The van der Waals surface area contributed by atoms with Gasteiger partial charge in [-0.3, -0.25) is 0 Å². The van der Waals surface area contributed by atoms with Crippen LogP contribution < -0.4 is 0 Å². The normalized spacial score (nSPS) is 14.9. The third-order valence-electron chi connectivity index (χ3n) is 2.98. The van der Waals surface area contributed by atoms with Crippen LogP contribution in [0.15, 0.2) is 24.3 Å². The summed E-state index contributed by atoms with van der Waals surface area (Å²) >= 11 is 6.39. The minimum atomic E-state index is 0.158. The predicted octanol–water partition coefficient (Wildman–Crippen LogP) is 4.97. The summed E-state index contributed by atoms with van der Waals surface area (Å²) in [5.41, 5.74) is 2.67. The molecule has 0 saturated carbocycles. The first-order chi connectivity index (χ1) is 7.19. The average molecular weight is 225 g/mol. The second-order valence-corrected chi connectivity index (χ2v) is 4.75. The first kappa shape index (κ1) is 12.6. The van der Waals surface area contributed by atoms with Crippen LogP contribution in [-0.4, -0.2) is 0 Å². The van der Waals surface area contributed by atoms with Crippen molar-refractivity contribution in [1.82, 2.24) is 0 Å². The van der Waals surface area contributed by atoms with Crippen LogP contribution >= 0.6 is 11.6 Å². The summed E-state index contributed by atoms with van der Waals surface area (Å²) in [5.74, 6) is 0.545. The van der Waals surface area contributed by atoms with Gasteiger partial charge in [0, 0.05) is 0 Å². The smallest absolute Gasteiger partial charge is 0.0610 e. The van der Waals surface area contributed by atoms with Crippen LogP contribution in [0, 0.1) is 5.92 Å². The zero-order valence-electron chi connectivity index (χ0n) is 9.96. The maximum absolute atomic E-state index is 6.39. The quantitative estimate of drug-likeness (QED) is 0.620. The predicted molar refractivity (Wildman–Crippen MR) is 68.5 cm³/mol. The van der Waals surface area contributed by atoms with E-state index in [0.29, 0.717) is 5.92 Å². The number of alkyl halides is 1. The molecule has 0 aromatic heterocycles. The Kier molecular flexibility index (Phi) is 5.17.